The van der Waals surface area contributed by atoms with Crippen LogP contribution in [-0.2, 0) is 6.54 Å². The first-order chi connectivity index (χ1) is 7.33. The highest BCUT2D eigenvalue weighted by molar-refractivity contribution is 5.41. The largest absolute Gasteiger partial charge is 0.397 e. The molecule has 3 heteroatoms. The van der Waals surface area contributed by atoms with Crippen LogP contribution in [0, 0.1) is 5.92 Å². The third-order valence-corrected chi connectivity index (χ3v) is 3.80. The summed E-state index contributed by atoms with van der Waals surface area (Å²) in [6.07, 6.45) is 6.03. The molecule has 2 fully saturated rings. The quantitative estimate of drug-likeness (QED) is 0.794. The van der Waals surface area contributed by atoms with Gasteiger partial charge in [-0.3, -0.25) is 9.88 Å². The molecule has 80 valence electrons. The number of fused-ring (bicyclic) bond motifs is 2. The van der Waals surface area contributed by atoms with E-state index in [0.29, 0.717) is 0 Å². The van der Waals surface area contributed by atoms with Gasteiger partial charge >= 0.3 is 0 Å². The first-order valence-corrected chi connectivity index (χ1v) is 5.76. The third-order valence-electron chi connectivity index (χ3n) is 3.80. The van der Waals surface area contributed by atoms with E-state index in [1.165, 1.54) is 25.8 Å². The monoisotopic (exact) mass is 203 g/mol. The second kappa shape index (κ2) is 3.49. The Morgan fingerprint density at radius 1 is 1.47 bits per heavy atom. The summed E-state index contributed by atoms with van der Waals surface area (Å²) in [5, 5.41) is 0. The van der Waals surface area contributed by atoms with Crippen molar-refractivity contribution in [2.45, 2.75) is 31.8 Å². The van der Waals surface area contributed by atoms with Gasteiger partial charge in [0.1, 0.15) is 0 Å². The van der Waals surface area contributed by atoms with Crippen LogP contribution in [0.15, 0.2) is 18.3 Å². The molecule has 2 unspecified atom stereocenters. The highest BCUT2D eigenvalue weighted by Crippen LogP contribution is 2.38. The van der Waals surface area contributed by atoms with Gasteiger partial charge in [-0.25, -0.2) is 0 Å². The average molecular weight is 203 g/mol. The van der Waals surface area contributed by atoms with E-state index < -0.39 is 0 Å². The highest BCUT2D eigenvalue weighted by Gasteiger charge is 2.37. The van der Waals surface area contributed by atoms with Crippen LogP contribution in [-0.4, -0.2) is 22.5 Å². The lowest BCUT2D eigenvalue weighted by molar-refractivity contribution is 0.203. The summed E-state index contributed by atoms with van der Waals surface area (Å²) in [4.78, 5) is 6.91. The van der Waals surface area contributed by atoms with Gasteiger partial charge in [0.15, 0.2) is 0 Å². The van der Waals surface area contributed by atoms with E-state index in [9.17, 15) is 0 Å². The predicted octanol–water partition coefficient (Wildman–Crippen LogP) is 1.65. The van der Waals surface area contributed by atoms with Crippen molar-refractivity contribution in [2.75, 3.05) is 12.3 Å². The maximum Gasteiger partial charge on any atom is 0.0772 e. The maximum atomic E-state index is 5.91. The first kappa shape index (κ1) is 9.16. The van der Waals surface area contributed by atoms with Crippen LogP contribution >= 0.6 is 0 Å². The van der Waals surface area contributed by atoms with Crippen LogP contribution in [0.5, 0.6) is 0 Å². The Morgan fingerprint density at radius 3 is 3.07 bits per heavy atom. The smallest absolute Gasteiger partial charge is 0.0772 e. The molecule has 2 bridgehead atoms. The molecule has 1 saturated heterocycles. The molecule has 0 aromatic carbocycles. The minimum atomic E-state index is 0.802. The Hall–Kier alpha value is -1.09. The number of likely N-dealkylation sites (tertiary alicyclic amines) is 1. The summed E-state index contributed by atoms with van der Waals surface area (Å²) in [5.74, 6) is 0.944. The van der Waals surface area contributed by atoms with E-state index in [1.54, 1.807) is 0 Å². The zero-order valence-corrected chi connectivity index (χ0v) is 8.89. The molecule has 1 saturated carbocycles. The summed E-state index contributed by atoms with van der Waals surface area (Å²) in [7, 11) is 0. The van der Waals surface area contributed by atoms with Gasteiger partial charge in [0.2, 0.25) is 0 Å². The minimum Gasteiger partial charge on any atom is -0.397 e. The molecule has 2 aliphatic rings. The van der Waals surface area contributed by atoms with Crippen LogP contribution in [0.25, 0.3) is 0 Å². The van der Waals surface area contributed by atoms with Crippen molar-refractivity contribution in [1.82, 2.24) is 9.88 Å². The number of pyridine rings is 1. The Labute approximate surface area is 90.3 Å². The summed E-state index contributed by atoms with van der Waals surface area (Å²) in [6, 6.07) is 4.64. The van der Waals surface area contributed by atoms with Crippen LogP contribution in [0.2, 0.25) is 0 Å². The van der Waals surface area contributed by atoms with Gasteiger partial charge < -0.3 is 5.73 Å². The van der Waals surface area contributed by atoms with Crippen molar-refractivity contribution in [2.24, 2.45) is 5.92 Å². The molecule has 2 N–H and O–H groups in total. The number of nitrogen functional groups attached to an aromatic ring is 1. The molecular formula is C12H17N3. The molecular weight excluding hydrogens is 186 g/mol. The molecule has 3 nitrogen and oxygen atoms in total. The van der Waals surface area contributed by atoms with E-state index in [1.807, 2.05) is 18.3 Å². The fraction of sp³-hybridized carbons (Fsp3) is 0.583. The lowest BCUT2D eigenvalue weighted by Gasteiger charge is -2.26. The maximum absolute atomic E-state index is 5.91. The number of piperidine rings is 1. The topological polar surface area (TPSA) is 42.1 Å². The highest BCUT2D eigenvalue weighted by atomic mass is 15.2. The Bertz CT molecular complexity index is 364. The van der Waals surface area contributed by atoms with Crippen molar-refractivity contribution < 1.29 is 0 Å². The number of nitrogens with two attached hydrogens (primary N) is 1. The van der Waals surface area contributed by atoms with Gasteiger partial charge in [-0.2, -0.15) is 0 Å². The van der Waals surface area contributed by atoms with E-state index in [4.69, 9.17) is 5.73 Å². The van der Waals surface area contributed by atoms with Crippen LogP contribution < -0.4 is 5.73 Å². The number of anilines is 1. The van der Waals surface area contributed by atoms with Crippen molar-refractivity contribution in [1.29, 1.82) is 0 Å². The summed E-state index contributed by atoms with van der Waals surface area (Å²) in [5.41, 5.74) is 7.79. The molecule has 1 aliphatic carbocycles. The summed E-state index contributed by atoms with van der Waals surface area (Å²) in [6.45, 7) is 2.19. The average Bonchev–Trinajstić information content (AvgIpc) is 2.83. The Morgan fingerprint density at radius 2 is 2.40 bits per heavy atom. The summed E-state index contributed by atoms with van der Waals surface area (Å²) >= 11 is 0. The van der Waals surface area contributed by atoms with Crippen molar-refractivity contribution in [3.8, 4) is 0 Å². The Kier molecular flexibility index (Phi) is 2.13. The molecule has 0 radical (unpaired) electrons. The van der Waals surface area contributed by atoms with Crippen LogP contribution in [0.4, 0.5) is 5.69 Å². The van der Waals surface area contributed by atoms with Crippen LogP contribution in [0.3, 0.4) is 0 Å². The number of aromatic nitrogens is 1. The minimum absolute atomic E-state index is 0.802. The van der Waals surface area contributed by atoms with E-state index >= 15 is 0 Å². The van der Waals surface area contributed by atoms with Crippen molar-refractivity contribution in [3.05, 3.63) is 24.0 Å². The number of nitrogens with zero attached hydrogens (tertiary/aromatic N) is 2. The predicted molar refractivity (Wildman–Crippen MR) is 60.2 cm³/mol. The third kappa shape index (κ3) is 1.61. The van der Waals surface area contributed by atoms with Gasteiger partial charge in [-0.05, 0) is 37.3 Å². The van der Waals surface area contributed by atoms with E-state index in [0.717, 1.165) is 29.9 Å². The summed E-state index contributed by atoms with van der Waals surface area (Å²) < 4.78 is 0. The lowest BCUT2D eigenvalue weighted by atomic mass is 10.1. The second-order valence-electron chi connectivity index (χ2n) is 4.80. The fourth-order valence-corrected chi connectivity index (χ4v) is 3.00. The molecule has 1 aliphatic heterocycles. The number of rotatable bonds is 2. The van der Waals surface area contributed by atoms with Crippen LogP contribution in [0.1, 0.15) is 25.0 Å². The molecule has 1 aromatic heterocycles. The molecule has 0 spiro atoms. The standard InChI is InChI=1S/C12H17N3/c13-11-2-1-5-14-12(11)8-15-7-9-3-4-10(15)6-9/h1-2,5,9-10H,3-4,6-8,13H2. The molecule has 0 amide bonds. The number of hydrogen-bond donors (Lipinski definition) is 1. The fourth-order valence-electron chi connectivity index (χ4n) is 3.00. The SMILES string of the molecule is Nc1cccnc1CN1CC2CCC1C2. The first-order valence-electron chi connectivity index (χ1n) is 5.76. The molecule has 2 heterocycles. The van der Waals surface area contributed by atoms with Crippen molar-refractivity contribution >= 4 is 5.69 Å². The molecule has 3 rings (SSSR count). The van der Waals surface area contributed by atoms with E-state index in [2.05, 4.69) is 9.88 Å². The zero-order chi connectivity index (χ0) is 10.3. The zero-order valence-electron chi connectivity index (χ0n) is 8.89. The van der Waals surface area contributed by atoms with Gasteiger partial charge in [-0.1, -0.05) is 0 Å². The molecule has 1 aromatic rings. The van der Waals surface area contributed by atoms with Gasteiger partial charge in [0.25, 0.3) is 0 Å². The van der Waals surface area contributed by atoms with Crippen molar-refractivity contribution in [3.63, 3.8) is 0 Å². The second-order valence-corrected chi connectivity index (χ2v) is 4.80. The van der Waals surface area contributed by atoms with Gasteiger partial charge in [0, 0.05) is 25.3 Å². The van der Waals surface area contributed by atoms with Gasteiger partial charge in [0.05, 0.1) is 11.4 Å². The van der Waals surface area contributed by atoms with Gasteiger partial charge in [-0.15, -0.1) is 0 Å². The Balaban J connectivity index is 1.73. The lowest BCUT2D eigenvalue weighted by Crippen LogP contribution is -2.32. The molecule has 2 atom stereocenters. The molecule has 15 heavy (non-hydrogen) atoms. The number of hydrogen-bond acceptors (Lipinski definition) is 3. The van der Waals surface area contributed by atoms with E-state index in [-0.39, 0.29) is 0 Å². The normalized spacial score (nSPS) is 29.9.